The number of carbonyl (C=O) groups is 2. The molecule has 1 saturated heterocycles. The number of aliphatic hydroxyl groups excluding tert-OH is 1. The zero-order chi connectivity index (χ0) is 13.6. The van der Waals surface area contributed by atoms with Gasteiger partial charge in [-0.05, 0) is 25.0 Å². The Hall–Kier alpha value is -1.82. The summed E-state index contributed by atoms with van der Waals surface area (Å²) in [6.45, 7) is 0.0889. The number of hydrogen-bond donors (Lipinski definition) is 2. The molecule has 2 N–H and O–H groups in total. The number of rotatable bonds is 3. The first-order chi connectivity index (χ1) is 9.08. The molecule has 1 amide bonds. The second-order valence-electron chi connectivity index (χ2n) is 5.23. The number of likely N-dealkylation sites (tertiary alicyclic amines) is 1. The molecule has 2 fully saturated rings. The molecule has 6 heteroatoms. The number of amides is 1. The Balaban J connectivity index is 1.86. The molecule has 1 aromatic heterocycles. The van der Waals surface area contributed by atoms with Crippen LogP contribution in [-0.4, -0.2) is 50.2 Å². The van der Waals surface area contributed by atoms with E-state index < -0.39 is 18.1 Å². The maximum Gasteiger partial charge on any atom is 0.326 e. The molecule has 0 radical (unpaired) electrons. The first-order valence-corrected chi connectivity index (χ1v) is 6.46. The Labute approximate surface area is 110 Å². The van der Waals surface area contributed by atoms with Crippen LogP contribution < -0.4 is 0 Å². The predicted molar refractivity (Wildman–Crippen MR) is 65.8 cm³/mol. The van der Waals surface area contributed by atoms with Crippen LogP contribution >= 0.6 is 0 Å². The van der Waals surface area contributed by atoms with Crippen molar-refractivity contribution in [3.8, 4) is 0 Å². The molecular weight excluding hydrogens is 248 g/mol. The Morgan fingerprint density at radius 3 is 2.68 bits per heavy atom. The van der Waals surface area contributed by atoms with Gasteiger partial charge in [-0.2, -0.15) is 0 Å². The van der Waals surface area contributed by atoms with Crippen molar-refractivity contribution in [2.45, 2.75) is 37.5 Å². The standard InChI is InChI=1S/C13H16N2O4/c16-9-6-11(13(18)19)15(7-9)12(17)10-2-1-5-14(10)8-3-4-8/h1-2,5,8-9,11,16H,3-4,6-7H2,(H,18,19)/t9?,11-/m0/s1. The minimum atomic E-state index is -1.06. The molecule has 1 aliphatic heterocycles. The molecule has 102 valence electrons. The lowest BCUT2D eigenvalue weighted by molar-refractivity contribution is -0.141. The van der Waals surface area contributed by atoms with Gasteiger partial charge in [-0.15, -0.1) is 0 Å². The van der Waals surface area contributed by atoms with Crippen molar-refractivity contribution < 1.29 is 19.8 Å². The number of β-amino-alcohol motifs (C(OH)–C–C–N with tert-alkyl or cyclic N) is 1. The Morgan fingerprint density at radius 1 is 1.32 bits per heavy atom. The number of aliphatic hydroxyl groups is 1. The van der Waals surface area contributed by atoms with Crippen LogP contribution in [0.3, 0.4) is 0 Å². The molecule has 1 unspecified atom stereocenters. The fraction of sp³-hybridized carbons (Fsp3) is 0.538. The van der Waals surface area contributed by atoms with Gasteiger partial charge in [0.25, 0.3) is 5.91 Å². The van der Waals surface area contributed by atoms with E-state index in [1.165, 1.54) is 4.90 Å². The molecule has 3 rings (SSSR count). The maximum absolute atomic E-state index is 12.5. The van der Waals surface area contributed by atoms with Crippen molar-refractivity contribution in [1.29, 1.82) is 0 Å². The number of carbonyl (C=O) groups excluding carboxylic acids is 1. The van der Waals surface area contributed by atoms with Crippen LogP contribution in [0, 0.1) is 0 Å². The van der Waals surface area contributed by atoms with Gasteiger partial charge in [0.15, 0.2) is 0 Å². The van der Waals surface area contributed by atoms with Gasteiger partial charge in [-0.1, -0.05) is 0 Å². The van der Waals surface area contributed by atoms with Gasteiger partial charge < -0.3 is 19.7 Å². The van der Waals surface area contributed by atoms with Crippen LogP contribution in [0.5, 0.6) is 0 Å². The highest BCUT2D eigenvalue weighted by Gasteiger charge is 2.40. The van der Waals surface area contributed by atoms with E-state index >= 15 is 0 Å². The number of carboxylic acids is 1. The van der Waals surface area contributed by atoms with Gasteiger partial charge in [0.1, 0.15) is 11.7 Å². The van der Waals surface area contributed by atoms with E-state index in [0.717, 1.165) is 12.8 Å². The second kappa shape index (κ2) is 4.38. The topological polar surface area (TPSA) is 82.8 Å². The number of hydrogen-bond acceptors (Lipinski definition) is 3. The molecule has 1 saturated carbocycles. The Morgan fingerprint density at radius 2 is 2.05 bits per heavy atom. The molecule has 0 aromatic carbocycles. The molecule has 0 spiro atoms. The van der Waals surface area contributed by atoms with E-state index in [-0.39, 0.29) is 18.9 Å². The molecule has 2 aliphatic rings. The quantitative estimate of drug-likeness (QED) is 0.832. The summed E-state index contributed by atoms with van der Waals surface area (Å²) in [5.41, 5.74) is 0.517. The SMILES string of the molecule is O=C(O)[C@@H]1CC(O)CN1C(=O)c1cccn1C1CC1. The lowest BCUT2D eigenvalue weighted by Crippen LogP contribution is -2.41. The van der Waals surface area contributed by atoms with Crippen LogP contribution in [0.1, 0.15) is 35.8 Å². The number of aromatic nitrogens is 1. The van der Waals surface area contributed by atoms with Crippen molar-refractivity contribution in [3.63, 3.8) is 0 Å². The highest BCUT2D eigenvalue weighted by atomic mass is 16.4. The molecule has 1 aliphatic carbocycles. The van der Waals surface area contributed by atoms with Crippen molar-refractivity contribution in [2.75, 3.05) is 6.54 Å². The number of nitrogens with zero attached hydrogens (tertiary/aromatic N) is 2. The summed E-state index contributed by atoms with van der Waals surface area (Å²) in [4.78, 5) is 24.9. The van der Waals surface area contributed by atoms with Crippen LogP contribution in [0.25, 0.3) is 0 Å². The largest absolute Gasteiger partial charge is 0.480 e. The van der Waals surface area contributed by atoms with E-state index in [2.05, 4.69) is 0 Å². The van der Waals surface area contributed by atoms with Gasteiger partial charge >= 0.3 is 5.97 Å². The highest BCUT2D eigenvalue weighted by molar-refractivity contribution is 5.96. The third-order valence-electron chi connectivity index (χ3n) is 3.76. The number of aliphatic carboxylic acids is 1. The van der Waals surface area contributed by atoms with Crippen molar-refractivity contribution in [3.05, 3.63) is 24.0 Å². The second-order valence-corrected chi connectivity index (χ2v) is 5.23. The fourth-order valence-corrected chi connectivity index (χ4v) is 2.67. The van der Waals surface area contributed by atoms with E-state index in [1.807, 2.05) is 10.8 Å². The summed E-state index contributed by atoms with van der Waals surface area (Å²) in [5, 5.41) is 18.7. The van der Waals surface area contributed by atoms with Gasteiger partial charge in [-0.25, -0.2) is 4.79 Å². The summed E-state index contributed by atoms with van der Waals surface area (Å²) in [5.74, 6) is -1.37. The average molecular weight is 264 g/mol. The first kappa shape index (κ1) is 12.2. The van der Waals surface area contributed by atoms with Crippen molar-refractivity contribution in [1.82, 2.24) is 9.47 Å². The Kier molecular flexibility index (Phi) is 2.82. The molecule has 0 bridgehead atoms. The average Bonchev–Trinajstić information content (AvgIpc) is 2.96. The van der Waals surface area contributed by atoms with E-state index in [4.69, 9.17) is 5.11 Å². The molecule has 2 heterocycles. The summed E-state index contributed by atoms with van der Waals surface area (Å²) in [6, 6.07) is 2.95. The van der Waals surface area contributed by atoms with E-state index in [0.29, 0.717) is 11.7 Å². The van der Waals surface area contributed by atoms with E-state index in [1.54, 1.807) is 12.1 Å². The Bertz CT molecular complexity index is 520. The van der Waals surface area contributed by atoms with Crippen LogP contribution in [0.15, 0.2) is 18.3 Å². The zero-order valence-corrected chi connectivity index (χ0v) is 10.4. The summed E-state index contributed by atoms with van der Waals surface area (Å²) in [6.07, 6.45) is 3.31. The molecular formula is C13H16N2O4. The monoisotopic (exact) mass is 264 g/mol. The summed E-state index contributed by atoms with van der Waals surface area (Å²) in [7, 11) is 0. The van der Waals surface area contributed by atoms with Gasteiger partial charge in [0.2, 0.25) is 0 Å². The number of carboxylic acid groups (broad SMARTS) is 1. The zero-order valence-electron chi connectivity index (χ0n) is 10.4. The molecule has 6 nitrogen and oxygen atoms in total. The molecule has 19 heavy (non-hydrogen) atoms. The fourth-order valence-electron chi connectivity index (χ4n) is 2.67. The minimum absolute atomic E-state index is 0.0889. The van der Waals surface area contributed by atoms with Crippen LogP contribution in [0.2, 0.25) is 0 Å². The van der Waals surface area contributed by atoms with Crippen molar-refractivity contribution >= 4 is 11.9 Å². The van der Waals surface area contributed by atoms with Gasteiger partial charge in [0.05, 0.1) is 6.10 Å². The predicted octanol–water partition coefficient (Wildman–Crippen LogP) is 0.483. The third-order valence-corrected chi connectivity index (χ3v) is 3.76. The first-order valence-electron chi connectivity index (χ1n) is 6.46. The molecule has 1 aromatic rings. The smallest absolute Gasteiger partial charge is 0.326 e. The third kappa shape index (κ3) is 2.12. The normalized spacial score (nSPS) is 26.7. The molecule has 2 atom stereocenters. The summed E-state index contributed by atoms with van der Waals surface area (Å²) < 4.78 is 1.91. The maximum atomic E-state index is 12.5. The van der Waals surface area contributed by atoms with Crippen LogP contribution in [0.4, 0.5) is 0 Å². The van der Waals surface area contributed by atoms with E-state index in [9.17, 15) is 14.7 Å². The van der Waals surface area contributed by atoms with Crippen LogP contribution in [-0.2, 0) is 4.79 Å². The lowest BCUT2D eigenvalue weighted by Gasteiger charge is -2.21. The minimum Gasteiger partial charge on any atom is -0.480 e. The highest BCUT2D eigenvalue weighted by Crippen LogP contribution is 2.36. The van der Waals surface area contributed by atoms with Gasteiger partial charge in [-0.3, -0.25) is 4.79 Å². The van der Waals surface area contributed by atoms with Crippen molar-refractivity contribution in [2.24, 2.45) is 0 Å². The summed E-state index contributed by atoms with van der Waals surface area (Å²) >= 11 is 0. The lowest BCUT2D eigenvalue weighted by atomic mass is 10.2. The van der Waals surface area contributed by atoms with Gasteiger partial charge in [0, 0.05) is 25.2 Å².